The van der Waals surface area contributed by atoms with Gasteiger partial charge in [0.1, 0.15) is 23.7 Å². The molecule has 43 heavy (non-hydrogen) atoms. The zero-order chi connectivity index (χ0) is 29.7. The number of amides is 4. The van der Waals surface area contributed by atoms with E-state index in [2.05, 4.69) is 10.3 Å². The van der Waals surface area contributed by atoms with Gasteiger partial charge >= 0.3 is 6.03 Å². The molecule has 2 atom stereocenters. The Morgan fingerprint density at radius 2 is 1.53 bits per heavy atom. The maximum Gasteiger partial charge on any atom is 0.332 e. The van der Waals surface area contributed by atoms with Crippen molar-refractivity contribution in [3.8, 4) is 0 Å². The van der Waals surface area contributed by atoms with E-state index in [-0.39, 0.29) is 23.6 Å². The predicted molar refractivity (Wildman–Crippen MR) is 158 cm³/mol. The molecule has 7 rings (SSSR count). The smallest absolute Gasteiger partial charge is 0.332 e. The lowest BCUT2D eigenvalue weighted by Gasteiger charge is -2.36. The highest BCUT2D eigenvalue weighted by Gasteiger charge is 2.53. The van der Waals surface area contributed by atoms with Crippen LogP contribution in [0.3, 0.4) is 0 Å². The van der Waals surface area contributed by atoms with Gasteiger partial charge in [0.05, 0.1) is 11.3 Å². The SMILES string of the molecule is O=C(NCCc1ccc(F)cc1)c1ccccc1N1C(=O)C2Cc3c([nH]c4ccccc34)C(c3ccc(F)cc3)N2C1=O. The van der Waals surface area contributed by atoms with Crippen LogP contribution in [-0.4, -0.2) is 40.3 Å². The number of nitrogens with one attached hydrogen (secondary N) is 2. The molecule has 4 amide bonds. The highest BCUT2D eigenvalue weighted by atomic mass is 19.1. The summed E-state index contributed by atoms with van der Waals surface area (Å²) in [6, 6.07) is 24.2. The summed E-state index contributed by atoms with van der Waals surface area (Å²) in [5, 5.41) is 3.81. The molecule has 2 N–H and O–H groups in total. The first-order valence-corrected chi connectivity index (χ1v) is 14.0. The van der Waals surface area contributed by atoms with Crippen molar-refractivity contribution in [3.05, 3.63) is 137 Å². The van der Waals surface area contributed by atoms with Crippen molar-refractivity contribution in [2.24, 2.45) is 0 Å². The van der Waals surface area contributed by atoms with Gasteiger partial charge in [0.25, 0.3) is 11.8 Å². The number of nitrogens with zero attached hydrogens (tertiary/aromatic N) is 2. The van der Waals surface area contributed by atoms with Crippen molar-refractivity contribution in [1.29, 1.82) is 0 Å². The number of halogens is 2. The Morgan fingerprint density at radius 3 is 2.30 bits per heavy atom. The van der Waals surface area contributed by atoms with Crippen molar-refractivity contribution >= 4 is 34.4 Å². The number of rotatable bonds is 6. The minimum atomic E-state index is -0.816. The molecule has 0 spiro atoms. The fourth-order valence-electron chi connectivity index (χ4n) is 6.22. The Hall–Kier alpha value is -5.31. The Morgan fingerprint density at radius 1 is 0.860 bits per heavy atom. The molecular formula is C34H26F2N4O3. The van der Waals surface area contributed by atoms with E-state index >= 15 is 0 Å². The van der Waals surface area contributed by atoms with Gasteiger partial charge in [-0.15, -0.1) is 0 Å². The van der Waals surface area contributed by atoms with Crippen LogP contribution < -0.4 is 10.2 Å². The number of hydrogen-bond donors (Lipinski definition) is 2. The summed E-state index contributed by atoms with van der Waals surface area (Å²) in [4.78, 5) is 47.7. The number of carbonyl (C=O) groups is 3. The Kier molecular flexibility index (Phi) is 6.50. The van der Waals surface area contributed by atoms with Crippen LogP contribution in [0.15, 0.2) is 97.1 Å². The molecule has 1 aromatic heterocycles. The lowest BCUT2D eigenvalue weighted by molar-refractivity contribution is -0.120. The van der Waals surface area contributed by atoms with Crippen molar-refractivity contribution in [2.45, 2.75) is 24.9 Å². The van der Waals surface area contributed by atoms with E-state index in [0.717, 1.165) is 32.6 Å². The van der Waals surface area contributed by atoms with E-state index in [4.69, 9.17) is 0 Å². The Balaban J connectivity index is 1.23. The zero-order valence-electron chi connectivity index (χ0n) is 22.9. The third kappa shape index (κ3) is 4.53. The molecule has 7 nitrogen and oxygen atoms in total. The van der Waals surface area contributed by atoms with Gasteiger partial charge in [-0.3, -0.25) is 14.5 Å². The second-order valence-electron chi connectivity index (χ2n) is 10.7. The van der Waals surface area contributed by atoms with Crippen LogP contribution >= 0.6 is 0 Å². The molecule has 2 unspecified atom stereocenters. The van der Waals surface area contributed by atoms with Gasteiger partial charge in [-0.25, -0.2) is 18.5 Å². The molecule has 2 aliphatic rings. The summed E-state index contributed by atoms with van der Waals surface area (Å²) in [5.74, 6) is -1.60. The van der Waals surface area contributed by atoms with Gasteiger partial charge < -0.3 is 10.3 Å². The standard InChI is InChI=1S/C34H26F2N4O3/c35-22-13-9-20(10-14-22)17-18-37-32(41)25-6-2-4-8-28(25)40-33(42)29-19-26-24-5-1-3-7-27(24)38-30(26)31(39(29)34(40)43)21-11-15-23(36)16-12-21/h1-16,29,31,38H,17-19H2,(H,37,41). The Bertz CT molecular complexity index is 1880. The molecule has 3 heterocycles. The number of aromatic amines is 1. The highest BCUT2D eigenvalue weighted by molar-refractivity contribution is 6.24. The second kappa shape index (κ2) is 10.5. The number of H-pyrrole nitrogens is 1. The third-order valence-electron chi connectivity index (χ3n) is 8.24. The van der Waals surface area contributed by atoms with E-state index in [9.17, 15) is 23.2 Å². The van der Waals surface area contributed by atoms with Crippen molar-refractivity contribution in [2.75, 3.05) is 11.4 Å². The molecule has 9 heteroatoms. The average Bonchev–Trinajstić information content (AvgIpc) is 3.51. The van der Waals surface area contributed by atoms with Gasteiger partial charge in [0.15, 0.2) is 0 Å². The summed E-state index contributed by atoms with van der Waals surface area (Å²) < 4.78 is 27.2. The normalized spacial score (nSPS) is 17.7. The van der Waals surface area contributed by atoms with E-state index in [0.29, 0.717) is 18.4 Å². The fraction of sp³-hybridized carbons (Fsp3) is 0.147. The fourth-order valence-corrected chi connectivity index (χ4v) is 6.22. The van der Waals surface area contributed by atoms with Crippen LogP contribution in [0.25, 0.3) is 10.9 Å². The molecule has 0 radical (unpaired) electrons. The summed E-state index contributed by atoms with van der Waals surface area (Å²) in [6.45, 7) is 0.282. The first-order valence-electron chi connectivity index (χ1n) is 14.0. The quantitative estimate of drug-likeness (QED) is 0.247. The number of hydrogen-bond acceptors (Lipinski definition) is 3. The molecule has 0 bridgehead atoms. The van der Waals surface area contributed by atoms with Crippen LogP contribution in [0.2, 0.25) is 0 Å². The summed E-state index contributed by atoms with van der Waals surface area (Å²) >= 11 is 0. The van der Waals surface area contributed by atoms with Crippen LogP contribution in [-0.2, 0) is 17.6 Å². The zero-order valence-corrected chi connectivity index (χ0v) is 22.9. The molecule has 1 fully saturated rings. The van der Waals surface area contributed by atoms with Crippen molar-refractivity contribution in [1.82, 2.24) is 15.2 Å². The van der Waals surface area contributed by atoms with Crippen LogP contribution in [0.4, 0.5) is 19.3 Å². The van der Waals surface area contributed by atoms with E-state index < -0.39 is 35.7 Å². The van der Waals surface area contributed by atoms with E-state index in [1.165, 1.54) is 29.2 Å². The minimum absolute atomic E-state index is 0.186. The van der Waals surface area contributed by atoms with E-state index in [1.807, 2.05) is 24.3 Å². The van der Waals surface area contributed by atoms with Crippen LogP contribution in [0, 0.1) is 11.6 Å². The molecular weight excluding hydrogens is 550 g/mol. The molecule has 0 saturated carbocycles. The maximum absolute atomic E-state index is 14.2. The number of anilines is 1. The largest absolute Gasteiger partial charge is 0.356 e. The summed E-state index contributed by atoms with van der Waals surface area (Å²) in [7, 11) is 0. The van der Waals surface area contributed by atoms with Crippen molar-refractivity contribution < 1.29 is 23.2 Å². The first-order chi connectivity index (χ1) is 20.9. The number of benzene rings is 4. The van der Waals surface area contributed by atoms with Crippen molar-refractivity contribution in [3.63, 3.8) is 0 Å². The maximum atomic E-state index is 14.2. The predicted octanol–water partition coefficient (Wildman–Crippen LogP) is 5.90. The molecule has 0 aliphatic carbocycles. The van der Waals surface area contributed by atoms with Gasteiger partial charge in [0.2, 0.25) is 0 Å². The number of imide groups is 1. The topological polar surface area (TPSA) is 85.5 Å². The molecule has 4 aromatic carbocycles. The monoisotopic (exact) mass is 576 g/mol. The lowest BCUT2D eigenvalue weighted by Crippen LogP contribution is -2.44. The molecule has 1 saturated heterocycles. The summed E-state index contributed by atoms with van der Waals surface area (Å²) in [5.41, 5.74) is 4.50. The number of fused-ring (bicyclic) bond motifs is 4. The molecule has 2 aliphatic heterocycles. The third-order valence-corrected chi connectivity index (χ3v) is 8.24. The number of urea groups is 1. The number of para-hydroxylation sites is 2. The lowest BCUT2D eigenvalue weighted by atomic mass is 9.89. The Labute approximate surface area is 245 Å². The van der Waals surface area contributed by atoms with Gasteiger partial charge in [-0.2, -0.15) is 0 Å². The van der Waals surface area contributed by atoms with Gasteiger partial charge in [0, 0.05) is 29.6 Å². The number of carbonyl (C=O) groups excluding carboxylic acids is 3. The van der Waals surface area contributed by atoms with Crippen LogP contribution in [0.1, 0.15) is 38.8 Å². The average molecular weight is 577 g/mol. The molecule has 5 aromatic rings. The second-order valence-corrected chi connectivity index (χ2v) is 10.7. The molecule has 214 valence electrons. The first kappa shape index (κ1) is 26.6. The highest BCUT2D eigenvalue weighted by Crippen LogP contribution is 2.45. The minimum Gasteiger partial charge on any atom is -0.356 e. The summed E-state index contributed by atoms with van der Waals surface area (Å²) in [6.07, 6.45) is 0.779. The number of aromatic nitrogens is 1. The van der Waals surface area contributed by atoms with Gasteiger partial charge in [-0.05, 0) is 65.6 Å². The van der Waals surface area contributed by atoms with Gasteiger partial charge in [-0.1, -0.05) is 54.6 Å². The van der Waals surface area contributed by atoms with E-state index in [1.54, 1.807) is 48.5 Å². The van der Waals surface area contributed by atoms with Crippen LogP contribution in [0.5, 0.6) is 0 Å².